The van der Waals surface area contributed by atoms with Crippen molar-refractivity contribution in [1.29, 1.82) is 0 Å². The van der Waals surface area contributed by atoms with Crippen molar-refractivity contribution in [3.05, 3.63) is 29.3 Å². The summed E-state index contributed by atoms with van der Waals surface area (Å²) in [5.74, 6) is 0.544. The van der Waals surface area contributed by atoms with Gasteiger partial charge >= 0.3 is 19.2 Å². The fraction of sp³-hybridized carbons (Fsp3) is 0.765. The number of esters is 1. The van der Waals surface area contributed by atoms with Crippen LogP contribution in [0.1, 0.15) is 91.1 Å². The number of benzene rings is 1. The first-order chi connectivity index (χ1) is 20.2. The lowest BCUT2D eigenvalue weighted by Gasteiger charge is -2.64. The molecular weight excluding hydrogens is 601 g/mol. The molecule has 1 unspecified atom stereocenters. The molecule has 4 fully saturated rings. The molecule has 0 radical (unpaired) electrons. The number of hydrogen-bond acceptors (Lipinski definition) is 8. The molecule has 1 heterocycles. The minimum atomic E-state index is -1.95. The Morgan fingerprint density at radius 3 is 2.04 bits per heavy atom. The fourth-order valence-corrected chi connectivity index (χ4v) is 18.8. The molecule has 5 rings (SSSR count). The van der Waals surface area contributed by atoms with Gasteiger partial charge in [0, 0.05) is 5.94 Å². The molecule has 45 heavy (non-hydrogen) atoms. The van der Waals surface area contributed by atoms with Crippen LogP contribution in [0.25, 0.3) is 0 Å². The zero-order chi connectivity index (χ0) is 34.1. The summed E-state index contributed by atoms with van der Waals surface area (Å²) < 4.78 is 34.0. The van der Waals surface area contributed by atoms with Gasteiger partial charge in [-0.3, -0.25) is 0 Å². The van der Waals surface area contributed by atoms with Gasteiger partial charge in [0.1, 0.15) is 33.2 Å². The van der Waals surface area contributed by atoms with E-state index in [4.69, 9.17) is 23.5 Å². The fourth-order valence-electron chi connectivity index (χ4n) is 8.31. The molecule has 8 nitrogen and oxygen atoms in total. The standard InChI is InChI=1S/C34H58BNO7Si2/c1-31(2,3)40-29(37)24-18-16-17-22(28(24)39-30(38)41-32(4,5)6)19-27(36(44(10,11)12)45(13,14)15)35-42-26-21-23-20-25(33(23,7)8)34(26,9)43-35/h16-18,23,25-27H,19-21H2,1-15H3/t23-,25-,26?,27-,34-/m0/s1. The van der Waals surface area contributed by atoms with Crippen LogP contribution in [0, 0.1) is 17.3 Å². The first-order valence-electron chi connectivity index (χ1n) is 16.6. The van der Waals surface area contributed by atoms with Gasteiger partial charge in [0.25, 0.3) is 0 Å². The van der Waals surface area contributed by atoms with E-state index in [0.717, 1.165) is 6.42 Å². The Balaban J connectivity index is 1.81. The van der Waals surface area contributed by atoms with E-state index in [9.17, 15) is 9.59 Å². The van der Waals surface area contributed by atoms with Crippen LogP contribution in [0.3, 0.4) is 0 Å². The number of carbonyl (C=O) groups excluding carboxylic acids is 2. The summed E-state index contributed by atoms with van der Waals surface area (Å²) in [4.78, 5) is 26.6. The number of hydrogen-bond donors (Lipinski definition) is 0. The SMILES string of the molecule is CC(C)(C)OC(=O)Oc1c(C[C@@H](B2OC3C[C@@H]4C[C@@H](C4(C)C)[C@]3(C)O2)N([Si](C)(C)C)[Si](C)(C)C)cccc1C(=O)OC(C)(C)C. The van der Waals surface area contributed by atoms with Crippen LogP contribution < -0.4 is 4.74 Å². The summed E-state index contributed by atoms with van der Waals surface area (Å²) in [6, 6.07) is 5.40. The molecule has 0 spiro atoms. The van der Waals surface area contributed by atoms with Gasteiger partial charge in [-0.05, 0) is 96.6 Å². The van der Waals surface area contributed by atoms with Crippen molar-refractivity contribution >= 4 is 35.7 Å². The molecule has 1 saturated heterocycles. The van der Waals surface area contributed by atoms with Gasteiger partial charge in [0.2, 0.25) is 0 Å². The van der Waals surface area contributed by atoms with E-state index in [0.29, 0.717) is 23.8 Å². The molecule has 2 bridgehead atoms. The third kappa shape index (κ3) is 7.58. The summed E-state index contributed by atoms with van der Waals surface area (Å²) in [6.45, 7) is 32.0. The smallest absolute Gasteiger partial charge is 0.456 e. The lowest BCUT2D eigenvalue weighted by atomic mass is 9.43. The second-order valence-corrected chi connectivity index (χ2v) is 28.3. The summed E-state index contributed by atoms with van der Waals surface area (Å²) in [5, 5.41) is 0. The van der Waals surface area contributed by atoms with E-state index >= 15 is 0 Å². The highest BCUT2D eigenvalue weighted by atomic mass is 28.4. The molecule has 4 aliphatic rings. The molecule has 0 aromatic heterocycles. The number of rotatable bonds is 8. The maximum atomic E-state index is 13.5. The third-order valence-corrected chi connectivity index (χ3v) is 17.4. The maximum absolute atomic E-state index is 13.5. The van der Waals surface area contributed by atoms with Crippen LogP contribution in [0.2, 0.25) is 39.3 Å². The predicted molar refractivity (Wildman–Crippen MR) is 185 cm³/mol. The second-order valence-electron chi connectivity index (χ2n) is 18.2. The van der Waals surface area contributed by atoms with E-state index in [2.05, 4.69) is 64.3 Å². The molecule has 11 heteroatoms. The van der Waals surface area contributed by atoms with Crippen LogP contribution in [0.5, 0.6) is 5.75 Å². The highest BCUT2D eigenvalue weighted by molar-refractivity contribution is 6.90. The number of para-hydroxylation sites is 1. The van der Waals surface area contributed by atoms with Crippen LogP contribution >= 0.6 is 0 Å². The normalized spacial score (nSPS) is 27.0. The Morgan fingerprint density at radius 2 is 1.53 bits per heavy atom. The average Bonchev–Trinajstić information content (AvgIpc) is 3.17. The topological polar surface area (TPSA) is 83.5 Å². The summed E-state index contributed by atoms with van der Waals surface area (Å²) in [5.41, 5.74) is -0.717. The monoisotopic (exact) mass is 659 g/mol. The number of ether oxygens (including phenoxy) is 3. The molecule has 0 amide bonds. The van der Waals surface area contributed by atoms with Crippen LogP contribution in [0.15, 0.2) is 18.2 Å². The molecule has 3 saturated carbocycles. The Kier molecular flexibility index (Phi) is 9.48. The Morgan fingerprint density at radius 1 is 0.956 bits per heavy atom. The lowest BCUT2D eigenvalue weighted by molar-refractivity contribution is -0.199. The van der Waals surface area contributed by atoms with Crippen LogP contribution in [-0.2, 0) is 25.2 Å². The zero-order valence-electron chi connectivity index (χ0n) is 30.5. The Bertz CT molecular complexity index is 1280. The molecule has 5 atom stereocenters. The average molecular weight is 660 g/mol. The lowest BCUT2D eigenvalue weighted by Crippen LogP contribution is -2.68. The quantitative estimate of drug-likeness (QED) is 0.157. The van der Waals surface area contributed by atoms with Gasteiger partial charge in [-0.1, -0.05) is 65.3 Å². The van der Waals surface area contributed by atoms with Gasteiger partial charge in [0.15, 0.2) is 5.75 Å². The van der Waals surface area contributed by atoms with Crippen molar-refractivity contribution < 1.29 is 33.1 Å². The van der Waals surface area contributed by atoms with E-state index < -0.39 is 46.9 Å². The highest BCUT2D eigenvalue weighted by Crippen LogP contribution is 2.66. The van der Waals surface area contributed by atoms with Crippen molar-refractivity contribution in [2.75, 3.05) is 0 Å². The van der Waals surface area contributed by atoms with E-state index in [1.54, 1.807) is 26.8 Å². The first-order valence-corrected chi connectivity index (χ1v) is 23.5. The van der Waals surface area contributed by atoms with Gasteiger partial charge in [0.05, 0.1) is 11.7 Å². The van der Waals surface area contributed by atoms with Crippen molar-refractivity contribution in [3.63, 3.8) is 0 Å². The van der Waals surface area contributed by atoms with Crippen molar-refractivity contribution in [2.24, 2.45) is 17.3 Å². The Hall–Kier alpha value is -1.66. The van der Waals surface area contributed by atoms with Crippen molar-refractivity contribution in [3.8, 4) is 5.75 Å². The third-order valence-electron chi connectivity index (χ3n) is 9.78. The van der Waals surface area contributed by atoms with Gasteiger partial charge in [-0.15, -0.1) is 0 Å². The highest BCUT2D eigenvalue weighted by Gasteiger charge is 2.69. The summed E-state index contributed by atoms with van der Waals surface area (Å²) in [6.07, 6.45) is 1.83. The molecule has 3 aliphatic carbocycles. The van der Waals surface area contributed by atoms with Crippen molar-refractivity contribution in [2.45, 2.75) is 150 Å². The van der Waals surface area contributed by atoms with Gasteiger partial charge in [-0.2, -0.15) is 0 Å². The Labute approximate surface area is 274 Å². The van der Waals surface area contributed by atoms with Crippen LogP contribution in [-0.4, -0.2) is 68.8 Å². The zero-order valence-corrected chi connectivity index (χ0v) is 32.5. The van der Waals surface area contributed by atoms with Gasteiger partial charge < -0.3 is 27.8 Å². The molecular formula is C34H58BNO7Si2. The molecule has 252 valence electrons. The second kappa shape index (κ2) is 11.8. The largest absolute Gasteiger partial charge is 0.514 e. The molecule has 1 aliphatic heterocycles. The summed E-state index contributed by atoms with van der Waals surface area (Å²) in [7, 11) is -4.37. The maximum Gasteiger partial charge on any atom is 0.514 e. The number of nitrogens with zero attached hydrogens (tertiary/aromatic N) is 1. The van der Waals surface area contributed by atoms with E-state index in [1.807, 2.05) is 32.9 Å². The van der Waals surface area contributed by atoms with E-state index in [-0.39, 0.29) is 34.4 Å². The number of carbonyl (C=O) groups is 2. The first kappa shape index (κ1) is 36.2. The van der Waals surface area contributed by atoms with E-state index in [1.165, 1.54) is 6.42 Å². The van der Waals surface area contributed by atoms with Crippen molar-refractivity contribution in [1.82, 2.24) is 4.23 Å². The van der Waals surface area contributed by atoms with Gasteiger partial charge in [-0.25, -0.2) is 9.59 Å². The molecule has 0 N–H and O–H groups in total. The minimum Gasteiger partial charge on any atom is -0.456 e. The van der Waals surface area contributed by atoms with Crippen LogP contribution in [0.4, 0.5) is 4.79 Å². The molecule has 1 aromatic carbocycles. The summed E-state index contributed by atoms with van der Waals surface area (Å²) >= 11 is 0. The predicted octanol–water partition coefficient (Wildman–Crippen LogP) is 8.11. The molecule has 1 aromatic rings. The minimum absolute atomic E-state index is 0.0393.